The fourth-order valence-electron chi connectivity index (χ4n) is 6.37. The van der Waals surface area contributed by atoms with Crippen LogP contribution in [0.1, 0.15) is 33.4 Å². The molecule has 0 aliphatic heterocycles. The Morgan fingerprint density at radius 1 is 0.455 bits per heavy atom. The van der Waals surface area contributed by atoms with Crippen LogP contribution in [0.25, 0.3) is 11.3 Å². The molecule has 5 aromatic carbocycles. The van der Waals surface area contributed by atoms with E-state index in [9.17, 15) is 0 Å². The highest BCUT2D eigenvalue weighted by atomic mass is 15.2. The monoisotopic (exact) mass is 574 g/mol. The van der Waals surface area contributed by atoms with Crippen LogP contribution in [-0.4, -0.2) is 9.97 Å². The zero-order valence-corrected chi connectivity index (χ0v) is 26.3. The Morgan fingerprint density at radius 2 is 0.886 bits per heavy atom. The van der Waals surface area contributed by atoms with E-state index in [1.165, 1.54) is 44.8 Å². The molecule has 6 aromatic rings. The third kappa shape index (κ3) is 5.71. The van der Waals surface area contributed by atoms with Crippen molar-refractivity contribution in [2.45, 2.75) is 41.5 Å². The fraction of sp³-hybridized carbons (Fsp3) is 0.150. The Labute approximate surface area is 261 Å². The molecule has 218 valence electrons. The number of anilines is 6. The van der Waals surface area contributed by atoms with Gasteiger partial charge in [0.2, 0.25) is 0 Å². The Hall–Kier alpha value is -5.22. The summed E-state index contributed by atoms with van der Waals surface area (Å²) in [5, 5.41) is 0. The molecule has 4 nitrogen and oxygen atoms in total. The van der Waals surface area contributed by atoms with E-state index >= 15 is 0 Å². The van der Waals surface area contributed by atoms with E-state index in [1.807, 2.05) is 36.7 Å². The summed E-state index contributed by atoms with van der Waals surface area (Å²) in [6.07, 6.45) is 3.65. The molecule has 0 bridgehead atoms. The number of para-hydroxylation sites is 1. The summed E-state index contributed by atoms with van der Waals surface area (Å²) in [6, 6.07) is 38.5. The van der Waals surface area contributed by atoms with Crippen molar-refractivity contribution in [1.29, 1.82) is 0 Å². The molecule has 0 N–H and O–H groups in total. The zero-order chi connectivity index (χ0) is 30.8. The molecule has 0 aliphatic carbocycles. The second-order valence-electron chi connectivity index (χ2n) is 11.6. The van der Waals surface area contributed by atoms with Gasteiger partial charge >= 0.3 is 0 Å². The van der Waals surface area contributed by atoms with Crippen molar-refractivity contribution in [2.75, 3.05) is 9.80 Å². The van der Waals surface area contributed by atoms with Gasteiger partial charge in [-0.3, -0.25) is 9.88 Å². The number of hydrogen-bond acceptors (Lipinski definition) is 4. The molecule has 0 saturated heterocycles. The van der Waals surface area contributed by atoms with Gasteiger partial charge in [0, 0.05) is 22.6 Å². The van der Waals surface area contributed by atoms with Crippen LogP contribution in [0, 0.1) is 41.5 Å². The number of aromatic nitrogens is 2. The SMILES string of the molecule is Cc1cc(C)c(N(c2ccc(N(c3ccccc3)c3cncc(-c4ccccc4)n3)cc2)c2c(C)cc(C)cc2C)c(C)c1. The van der Waals surface area contributed by atoms with Gasteiger partial charge in [0.1, 0.15) is 0 Å². The molecule has 0 spiro atoms. The maximum atomic E-state index is 5.06. The van der Waals surface area contributed by atoms with Gasteiger partial charge in [-0.25, -0.2) is 4.98 Å². The maximum absolute atomic E-state index is 5.06. The van der Waals surface area contributed by atoms with E-state index < -0.39 is 0 Å². The van der Waals surface area contributed by atoms with Crippen LogP contribution in [0.2, 0.25) is 0 Å². The molecule has 0 aliphatic rings. The third-order valence-corrected chi connectivity index (χ3v) is 8.02. The molecule has 0 atom stereocenters. The highest BCUT2D eigenvalue weighted by Gasteiger charge is 2.22. The van der Waals surface area contributed by atoms with Gasteiger partial charge in [-0.2, -0.15) is 0 Å². The molecule has 1 heterocycles. The van der Waals surface area contributed by atoms with Crippen molar-refractivity contribution in [3.05, 3.63) is 155 Å². The smallest absolute Gasteiger partial charge is 0.156 e. The fourth-order valence-corrected chi connectivity index (χ4v) is 6.37. The first kappa shape index (κ1) is 28.9. The van der Waals surface area contributed by atoms with E-state index in [-0.39, 0.29) is 0 Å². The predicted octanol–water partition coefficient (Wildman–Crippen LogP) is 10.9. The zero-order valence-electron chi connectivity index (χ0n) is 26.3. The summed E-state index contributed by atoms with van der Waals surface area (Å²) < 4.78 is 0. The molecule has 1 aromatic heterocycles. The van der Waals surface area contributed by atoms with E-state index in [1.54, 1.807) is 0 Å². The van der Waals surface area contributed by atoms with Crippen molar-refractivity contribution >= 4 is 34.3 Å². The molecule has 6 rings (SSSR count). The van der Waals surface area contributed by atoms with Gasteiger partial charge in [0.25, 0.3) is 0 Å². The molecule has 0 radical (unpaired) electrons. The minimum atomic E-state index is 0.762. The number of rotatable bonds is 7. The normalized spacial score (nSPS) is 11.0. The Balaban J connectivity index is 1.49. The van der Waals surface area contributed by atoms with Crippen LogP contribution in [0.5, 0.6) is 0 Å². The van der Waals surface area contributed by atoms with E-state index in [0.717, 1.165) is 34.1 Å². The van der Waals surface area contributed by atoms with Gasteiger partial charge in [-0.05, 0) is 100 Å². The van der Waals surface area contributed by atoms with Crippen LogP contribution < -0.4 is 9.80 Å². The first-order chi connectivity index (χ1) is 21.3. The van der Waals surface area contributed by atoms with Crippen molar-refractivity contribution in [2.24, 2.45) is 0 Å². The highest BCUT2D eigenvalue weighted by molar-refractivity contribution is 5.85. The topological polar surface area (TPSA) is 32.3 Å². The quantitative estimate of drug-likeness (QED) is 0.190. The number of nitrogens with zero attached hydrogens (tertiary/aromatic N) is 4. The van der Waals surface area contributed by atoms with Crippen molar-refractivity contribution in [3.8, 4) is 11.3 Å². The summed E-state index contributed by atoms with van der Waals surface area (Å²) in [5.74, 6) is 0.762. The van der Waals surface area contributed by atoms with Gasteiger partial charge in [0.05, 0.1) is 29.5 Å². The minimum absolute atomic E-state index is 0.762. The molecule has 0 saturated carbocycles. The van der Waals surface area contributed by atoms with Crippen molar-refractivity contribution in [3.63, 3.8) is 0 Å². The number of aryl methyl sites for hydroxylation is 6. The maximum Gasteiger partial charge on any atom is 0.156 e. The van der Waals surface area contributed by atoms with Crippen LogP contribution in [0.3, 0.4) is 0 Å². The average Bonchev–Trinajstić information content (AvgIpc) is 3.01. The second kappa shape index (κ2) is 12.2. The first-order valence-corrected chi connectivity index (χ1v) is 15.1. The molecule has 44 heavy (non-hydrogen) atoms. The van der Waals surface area contributed by atoms with Crippen LogP contribution in [0.4, 0.5) is 34.3 Å². The van der Waals surface area contributed by atoms with E-state index in [2.05, 4.69) is 141 Å². The van der Waals surface area contributed by atoms with Crippen molar-refractivity contribution in [1.82, 2.24) is 9.97 Å². The van der Waals surface area contributed by atoms with Gasteiger partial charge < -0.3 is 4.90 Å². The van der Waals surface area contributed by atoms with Gasteiger partial charge in [-0.15, -0.1) is 0 Å². The average molecular weight is 575 g/mol. The van der Waals surface area contributed by atoms with Gasteiger partial charge in [-0.1, -0.05) is 83.9 Å². The Kier molecular flexibility index (Phi) is 7.99. The molecular formula is C40H38N4. The first-order valence-electron chi connectivity index (χ1n) is 15.1. The number of hydrogen-bond donors (Lipinski definition) is 0. The largest absolute Gasteiger partial charge is 0.309 e. The van der Waals surface area contributed by atoms with Gasteiger partial charge in [0.15, 0.2) is 5.82 Å². The lowest BCUT2D eigenvalue weighted by Crippen LogP contribution is -2.16. The number of benzene rings is 5. The Morgan fingerprint density at radius 3 is 1.39 bits per heavy atom. The predicted molar refractivity (Wildman–Crippen MR) is 185 cm³/mol. The summed E-state index contributed by atoms with van der Waals surface area (Å²) in [5.41, 5.74) is 15.0. The summed E-state index contributed by atoms with van der Waals surface area (Å²) in [6.45, 7) is 13.2. The van der Waals surface area contributed by atoms with Crippen LogP contribution in [-0.2, 0) is 0 Å². The lowest BCUT2D eigenvalue weighted by Gasteiger charge is -2.32. The lowest BCUT2D eigenvalue weighted by molar-refractivity contribution is 1.13. The standard InChI is InChI=1S/C40H38N4/c1-27-21-29(3)39(30(4)22-27)44(40-31(5)23-28(2)24-32(40)6)36-19-17-35(18-20-36)43(34-15-11-8-12-16-34)38-26-41-25-37(42-38)33-13-9-7-10-14-33/h7-26H,1-6H3. The van der Waals surface area contributed by atoms with Crippen LogP contribution in [0.15, 0.2) is 122 Å². The third-order valence-electron chi connectivity index (χ3n) is 8.02. The highest BCUT2D eigenvalue weighted by Crippen LogP contribution is 2.44. The molecule has 0 amide bonds. The molecular weight excluding hydrogens is 536 g/mol. The van der Waals surface area contributed by atoms with Crippen molar-refractivity contribution < 1.29 is 0 Å². The molecule has 0 fully saturated rings. The van der Waals surface area contributed by atoms with E-state index in [4.69, 9.17) is 4.98 Å². The summed E-state index contributed by atoms with van der Waals surface area (Å²) in [7, 11) is 0. The summed E-state index contributed by atoms with van der Waals surface area (Å²) in [4.78, 5) is 14.3. The minimum Gasteiger partial charge on any atom is -0.309 e. The second-order valence-corrected chi connectivity index (χ2v) is 11.6. The lowest BCUT2D eigenvalue weighted by atomic mass is 9.98. The van der Waals surface area contributed by atoms with E-state index in [0.29, 0.717) is 0 Å². The molecule has 4 heteroatoms. The summed E-state index contributed by atoms with van der Waals surface area (Å²) >= 11 is 0. The molecule has 0 unspecified atom stereocenters. The van der Waals surface area contributed by atoms with Crippen LogP contribution >= 0.6 is 0 Å². The Bertz CT molecular complexity index is 1810.